The molecule has 0 spiro atoms. The maximum absolute atomic E-state index is 13.5. The molecule has 8 heteroatoms. The van der Waals surface area contributed by atoms with Crippen LogP contribution in [-0.2, 0) is 9.53 Å². The lowest BCUT2D eigenvalue weighted by Gasteiger charge is -2.12. The summed E-state index contributed by atoms with van der Waals surface area (Å²) >= 11 is 0. The van der Waals surface area contributed by atoms with Crippen LogP contribution in [-0.4, -0.2) is 31.7 Å². The minimum atomic E-state index is -0.928. The number of hydrogen-bond acceptors (Lipinski definition) is 5. The molecule has 27 heavy (non-hydrogen) atoms. The summed E-state index contributed by atoms with van der Waals surface area (Å²) in [4.78, 5) is 23.9. The number of rotatable bonds is 8. The smallest absolute Gasteiger partial charge is 0.338 e. The summed E-state index contributed by atoms with van der Waals surface area (Å²) in [5.74, 6) is -2.34. The third-order valence-electron chi connectivity index (χ3n) is 3.32. The van der Waals surface area contributed by atoms with Gasteiger partial charge in [-0.05, 0) is 44.2 Å². The van der Waals surface area contributed by atoms with Crippen LogP contribution in [0.2, 0.25) is 0 Å². The number of benzene rings is 2. The lowest BCUT2D eigenvalue weighted by molar-refractivity contribution is -0.119. The number of halogens is 2. The van der Waals surface area contributed by atoms with Crippen molar-refractivity contribution in [3.8, 4) is 11.5 Å². The van der Waals surface area contributed by atoms with Crippen molar-refractivity contribution in [2.75, 3.05) is 25.1 Å². The molecule has 0 aliphatic rings. The molecular weight excluding hydrogens is 360 g/mol. The number of nitrogens with one attached hydrogen (secondary N) is 1. The number of hydrogen-bond donors (Lipinski definition) is 1. The number of esters is 1. The largest absolute Gasteiger partial charge is 0.490 e. The zero-order valence-corrected chi connectivity index (χ0v) is 14.9. The summed E-state index contributed by atoms with van der Waals surface area (Å²) in [5.41, 5.74) is -0.0418. The van der Waals surface area contributed by atoms with Crippen LogP contribution in [0, 0.1) is 11.6 Å². The van der Waals surface area contributed by atoms with Gasteiger partial charge in [-0.3, -0.25) is 4.79 Å². The average Bonchev–Trinajstić information content (AvgIpc) is 2.64. The van der Waals surface area contributed by atoms with Crippen LogP contribution >= 0.6 is 0 Å². The van der Waals surface area contributed by atoms with Gasteiger partial charge in [0.15, 0.2) is 18.1 Å². The third kappa shape index (κ3) is 5.67. The first kappa shape index (κ1) is 20.2. The van der Waals surface area contributed by atoms with Crippen LogP contribution in [0.1, 0.15) is 24.2 Å². The second kappa shape index (κ2) is 9.51. The van der Waals surface area contributed by atoms with E-state index in [-0.39, 0.29) is 11.3 Å². The SMILES string of the molecule is CCOc1ccc(C(=O)OCC(=O)Nc2ccc(F)cc2F)cc1OCC. The predicted molar refractivity (Wildman–Crippen MR) is 94.1 cm³/mol. The van der Waals surface area contributed by atoms with Gasteiger partial charge in [-0.1, -0.05) is 0 Å². The summed E-state index contributed by atoms with van der Waals surface area (Å²) in [7, 11) is 0. The van der Waals surface area contributed by atoms with E-state index in [0.29, 0.717) is 30.8 Å². The van der Waals surface area contributed by atoms with E-state index in [2.05, 4.69) is 5.32 Å². The summed E-state index contributed by atoms with van der Waals surface area (Å²) in [6.07, 6.45) is 0. The van der Waals surface area contributed by atoms with Crippen LogP contribution in [0.15, 0.2) is 36.4 Å². The first-order valence-corrected chi connectivity index (χ1v) is 8.26. The third-order valence-corrected chi connectivity index (χ3v) is 3.32. The van der Waals surface area contributed by atoms with Crippen molar-refractivity contribution in [2.45, 2.75) is 13.8 Å². The van der Waals surface area contributed by atoms with Gasteiger partial charge in [0.1, 0.15) is 11.6 Å². The molecule has 0 bridgehead atoms. The van der Waals surface area contributed by atoms with Gasteiger partial charge in [0.2, 0.25) is 0 Å². The number of carbonyl (C=O) groups excluding carboxylic acids is 2. The van der Waals surface area contributed by atoms with Crippen molar-refractivity contribution in [1.29, 1.82) is 0 Å². The molecule has 0 fully saturated rings. The van der Waals surface area contributed by atoms with E-state index < -0.39 is 30.1 Å². The number of carbonyl (C=O) groups is 2. The van der Waals surface area contributed by atoms with Gasteiger partial charge in [-0.25, -0.2) is 13.6 Å². The van der Waals surface area contributed by atoms with Gasteiger partial charge >= 0.3 is 5.97 Å². The Morgan fingerprint density at radius 2 is 1.67 bits per heavy atom. The maximum atomic E-state index is 13.5. The molecule has 0 aliphatic heterocycles. The van der Waals surface area contributed by atoms with E-state index in [1.165, 1.54) is 12.1 Å². The Bertz CT molecular complexity index is 826. The standard InChI is InChI=1S/C19H19F2NO5/c1-3-25-16-8-5-12(9-17(16)26-4-2)19(24)27-11-18(23)22-15-7-6-13(20)10-14(15)21/h5-10H,3-4,11H2,1-2H3,(H,22,23). The Hall–Kier alpha value is -3.16. The monoisotopic (exact) mass is 379 g/mol. The van der Waals surface area contributed by atoms with Crippen LogP contribution < -0.4 is 14.8 Å². The maximum Gasteiger partial charge on any atom is 0.338 e. The molecule has 1 N–H and O–H groups in total. The first-order chi connectivity index (χ1) is 12.9. The molecule has 0 heterocycles. The normalized spacial score (nSPS) is 10.2. The molecule has 0 atom stereocenters. The van der Waals surface area contributed by atoms with Crippen molar-refractivity contribution >= 4 is 17.6 Å². The molecule has 144 valence electrons. The highest BCUT2D eigenvalue weighted by Crippen LogP contribution is 2.28. The topological polar surface area (TPSA) is 73.9 Å². The zero-order chi connectivity index (χ0) is 19.8. The highest BCUT2D eigenvalue weighted by Gasteiger charge is 2.15. The molecule has 2 aromatic carbocycles. The van der Waals surface area contributed by atoms with Gasteiger partial charge in [0.05, 0.1) is 24.5 Å². The summed E-state index contributed by atoms with van der Waals surface area (Å²) in [6.45, 7) is 3.79. The highest BCUT2D eigenvalue weighted by molar-refractivity contribution is 5.95. The fraction of sp³-hybridized carbons (Fsp3) is 0.263. The molecule has 0 saturated carbocycles. The summed E-state index contributed by atoms with van der Waals surface area (Å²) in [6, 6.07) is 7.21. The Balaban J connectivity index is 1.98. The molecule has 0 aromatic heterocycles. The Kier molecular flexibility index (Phi) is 7.10. The van der Waals surface area contributed by atoms with E-state index in [1.54, 1.807) is 13.0 Å². The zero-order valence-electron chi connectivity index (χ0n) is 14.9. The lowest BCUT2D eigenvalue weighted by atomic mass is 10.2. The van der Waals surface area contributed by atoms with Gasteiger partial charge in [-0.2, -0.15) is 0 Å². The minimum absolute atomic E-state index is 0.169. The fourth-order valence-electron chi connectivity index (χ4n) is 2.17. The number of ether oxygens (including phenoxy) is 3. The van der Waals surface area contributed by atoms with Gasteiger partial charge < -0.3 is 19.5 Å². The number of amides is 1. The Morgan fingerprint density at radius 1 is 0.963 bits per heavy atom. The highest BCUT2D eigenvalue weighted by atomic mass is 19.1. The lowest BCUT2D eigenvalue weighted by Crippen LogP contribution is -2.21. The summed E-state index contributed by atoms with van der Waals surface area (Å²) in [5, 5.41) is 2.20. The van der Waals surface area contributed by atoms with Gasteiger partial charge in [0.25, 0.3) is 5.91 Å². The summed E-state index contributed by atoms with van der Waals surface area (Å²) < 4.78 is 42.1. The van der Waals surface area contributed by atoms with E-state index in [1.807, 2.05) is 6.92 Å². The van der Waals surface area contributed by atoms with E-state index in [9.17, 15) is 18.4 Å². The average molecular weight is 379 g/mol. The van der Waals surface area contributed by atoms with E-state index >= 15 is 0 Å². The van der Waals surface area contributed by atoms with Crippen molar-refractivity contribution in [2.24, 2.45) is 0 Å². The van der Waals surface area contributed by atoms with Gasteiger partial charge in [-0.15, -0.1) is 0 Å². The first-order valence-electron chi connectivity index (χ1n) is 8.26. The van der Waals surface area contributed by atoms with Gasteiger partial charge in [0, 0.05) is 6.07 Å². The predicted octanol–water partition coefficient (Wildman–Crippen LogP) is 3.56. The Labute approximate surface area is 155 Å². The molecule has 6 nitrogen and oxygen atoms in total. The van der Waals surface area contributed by atoms with Crippen molar-refractivity contribution < 1.29 is 32.6 Å². The van der Waals surface area contributed by atoms with Crippen LogP contribution in [0.5, 0.6) is 11.5 Å². The van der Waals surface area contributed by atoms with Crippen LogP contribution in [0.3, 0.4) is 0 Å². The van der Waals surface area contributed by atoms with Crippen LogP contribution in [0.25, 0.3) is 0 Å². The molecule has 0 saturated heterocycles. The molecule has 2 rings (SSSR count). The Morgan fingerprint density at radius 3 is 2.33 bits per heavy atom. The molecule has 1 amide bonds. The fourth-order valence-corrected chi connectivity index (χ4v) is 2.17. The number of anilines is 1. The quantitative estimate of drug-likeness (QED) is 0.710. The van der Waals surface area contributed by atoms with E-state index in [0.717, 1.165) is 12.1 Å². The van der Waals surface area contributed by atoms with Crippen molar-refractivity contribution in [3.63, 3.8) is 0 Å². The second-order valence-electron chi connectivity index (χ2n) is 5.28. The molecule has 0 aliphatic carbocycles. The second-order valence-corrected chi connectivity index (χ2v) is 5.28. The minimum Gasteiger partial charge on any atom is -0.490 e. The molecule has 0 radical (unpaired) electrons. The van der Waals surface area contributed by atoms with Crippen molar-refractivity contribution in [1.82, 2.24) is 0 Å². The molecule has 2 aromatic rings. The molecule has 0 unspecified atom stereocenters. The van der Waals surface area contributed by atoms with Crippen LogP contribution in [0.4, 0.5) is 14.5 Å². The van der Waals surface area contributed by atoms with E-state index in [4.69, 9.17) is 14.2 Å². The van der Waals surface area contributed by atoms with Crippen molar-refractivity contribution in [3.05, 3.63) is 53.6 Å². The molecular formula is C19H19F2NO5.